The second kappa shape index (κ2) is 9.77. The third-order valence-corrected chi connectivity index (χ3v) is 7.81. The summed E-state index contributed by atoms with van der Waals surface area (Å²) in [4.78, 5) is 17.0. The number of anilines is 1. The molecule has 2 heterocycles. The summed E-state index contributed by atoms with van der Waals surface area (Å²) in [5.41, 5.74) is 1.36. The number of aromatic nitrogens is 2. The highest BCUT2D eigenvalue weighted by molar-refractivity contribution is 7.99. The average Bonchev–Trinajstić information content (AvgIpc) is 3.16. The van der Waals surface area contributed by atoms with Crippen LogP contribution in [0.3, 0.4) is 0 Å². The van der Waals surface area contributed by atoms with Gasteiger partial charge in [-0.15, -0.1) is 0 Å². The van der Waals surface area contributed by atoms with Gasteiger partial charge in [-0.1, -0.05) is 31.2 Å². The molecule has 0 radical (unpaired) electrons. The Morgan fingerprint density at radius 2 is 2.00 bits per heavy atom. The summed E-state index contributed by atoms with van der Waals surface area (Å²) >= 11 is 1.37. The van der Waals surface area contributed by atoms with Crippen molar-refractivity contribution in [1.29, 1.82) is 0 Å². The van der Waals surface area contributed by atoms with Crippen molar-refractivity contribution >= 4 is 33.4 Å². The van der Waals surface area contributed by atoms with E-state index in [1.807, 2.05) is 17.7 Å². The van der Waals surface area contributed by atoms with Crippen molar-refractivity contribution in [1.82, 2.24) is 13.9 Å². The summed E-state index contributed by atoms with van der Waals surface area (Å²) in [6, 6.07) is 4.93. The van der Waals surface area contributed by atoms with Crippen LogP contribution in [-0.2, 0) is 21.4 Å². The summed E-state index contributed by atoms with van der Waals surface area (Å²) in [5.74, 6) is 0.0279. The van der Waals surface area contributed by atoms with Gasteiger partial charge in [-0.05, 0) is 43.9 Å². The van der Waals surface area contributed by atoms with E-state index in [2.05, 4.69) is 17.2 Å². The van der Waals surface area contributed by atoms with E-state index in [1.54, 1.807) is 24.4 Å². The first-order valence-corrected chi connectivity index (χ1v) is 12.4. The predicted octanol–water partition coefficient (Wildman–Crippen LogP) is 3.51. The fourth-order valence-electron chi connectivity index (χ4n) is 3.31. The van der Waals surface area contributed by atoms with Gasteiger partial charge in [-0.3, -0.25) is 4.79 Å². The topological polar surface area (TPSA) is 84.3 Å². The lowest BCUT2D eigenvalue weighted by Gasteiger charge is -2.26. The van der Waals surface area contributed by atoms with E-state index in [9.17, 15) is 13.2 Å². The number of carbonyl (C=O) groups is 1. The molecule has 9 heteroatoms. The number of nitrogens with zero attached hydrogens (tertiary/aromatic N) is 3. The smallest absolute Gasteiger partial charge is 0.243 e. The maximum Gasteiger partial charge on any atom is 0.243 e. The third-order valence-electron chi connectivity index (χ3n) is 4.91. The average molecular weight is 437 g/mol. The number of amides is 1. The van der Waals surface area contributed by atoms with E-state index in [0.717, 1.165) is 42.9 Å². The van der Waals surface area contributed by atoms with Gasteiger partial charge >= 0.3 is 0 Å². The zero-order valence-electron chi connectivity index (χ0n) is 16.9. The van der Waals surface area contributed by atoms with Crippen molar-refractivity contribution in [3.63, 3.8) is 0 Å². The summed E-state index contributed by atoms with van der Waals surface area (Å²) in [7, 11) is -3.53. The molecule has 0 bridgehead atoms. The number of hydrogen-bond acceptors (Lipinski definition) is 5. The van der Waals surface area contributed by atoms with E-state index in [1.165, 1.54) is 16.1 Å². The van der Waals surface area contributed by atoms with Crippen molar-refractivity contribution in [3.8, 4) is 0 Å². The summed E-state index contributed by atoms with van der Waals surface area (Å²) < 4.78 is 29.4. The van der Waals surface area contributed by atoms with Crippen molar-refractivity contribution in [3.05, 3.63) is 36.2 Å². The number of piperidine rings is 1. The second-order valence-electron chi connectivity index (χ2n) is 7.18. The Bertz CT molecular complexity index is 950. The van der Waals surface area contributed by atoms with Crippen LogP contribution in [0.1, 0.15) is 38.2 Å². The molecule has 1 fully saturated rings. The number of nitrogens with one attached hydrogen (secondary N) is 1. The quantitative estimate of drug-likeness (QED) is 0.640. The minimum Gasteiger partial charge on any atom is -0.326 e. The number of carbonyl (C=O) groups excluding carboxylic acids is 1. The van der Waals surface area contributed by atoms with E-state index < -0.39 is 10.0 Å². The van der Waals surface area contributed by atoms with Crippen LogP contribution in [0.5, 0.6) is 0 Å². The second-order valence-corrected chi connectivity index (χ2v) is 10.1. The Morgan fingerprint density at radius 1 is 1.24 bits per heavy atom. The van der Waals surface area contributed by atoms with Crippen molar-refractivity contribution in [2.45, 2.75) is 56.1 Å². The molecule has 1 aliphatic heterocycles. The first-order valence-electron chi connectivity index (χ1n) is 9.96. The third kappa shape index (κ3) is 5.40. The lowest BCUT2D eigenvalue weighted by molar-refractivity contribution is -0.113. The molecule has 1 aromatic heterocycles. The lowest BCUT2D eigenvalue weighted by Crippen LogP contribution is -2.35. The molecule has 7 nitrogen and oxygen atoms in total. The maximum absolute atomic E-state index is 12.9. The Balaban J connectivity index is 1.68. The van der Waals surface area contributed by atoms with Crippen LogP contribution in [-0.4, -0.2) is 47.0 Å². The van der Waals surface area contributed by atoms with Gasteiger partial charge in [0.1, 0.15) is 0 Å². The summed E-state index contributed by atoms with van der Waals surface area (Å²) in [6.45, 7) is 5.92. The number of sulfonamides is 1. The molecule has 29 heavy (non-hydrogen) atoms. The van der Waals surface area contributed by atoms with Crippen molar-refractivity contribution in [2.75, 3.05) is 24.2 Å². The van der Waals surface area contributed by atoms with Gasteiger partial charge in [0.25, 0.3) is 0 Å². The number of aryl methyl sites for hydroxylation is 2. The first-order chi connectivity index (χ1) is 13.9. The number of hydrogen-bond donors (Lipinski definition) is 1. The molecule has 2 aromatic rings. The number of thioether (sulfide) groups is 1. The van der Waals surface area contributed by atoms with E-state index in [4.69, 9.17) is 0 Å². The predicted molar refractivity (Wildman–Crippen MR) is 116 cm³/mol. The van der Waals surface area contributed by atoms with E-state index >= 15 is 0 Å². The maximum atomic E-state index is 12.9. The minimum absolute atomic E-state index is 0.184. The summed E-state index contributed by atoms with van der Waals surface area (Å²) in [5, 5.41) is 3.67. The first kappa shape index (κ1) is 21.9. The molecular formula is C20H28N4O3S2. The van der Waals surface area contributed by atoms with Crippen molar-refractivity contribution in [2.24, 2.45) is 0 Å². The lowest BCUT2D eigenvalue weighted by atomic mass is 10.2. The highest BCUT2D eigenvalue weighted by Crippen LogP contribution is 2.25. The molecule has 1 amide bonds. The molecule has 158 valence electrons. The molecule has 0 atom stereocenters. The van der Waals surface area contributed by atoms with Crippen LogP contribution >= 0.6 is 11.8 Å². The molecule has 3 rings (SSSR count). The highest BCUT2D eigenvalue weighted by atomic mass is 32.2. The highest BCUT2D eigenvalue weighted by Gasteiger charge is 2.26. The van der Waals surface area contributed by atoms with Gasteiger partial charge in [0.15, 0.2) is 5.16 Å². The van der Waals surface area contributed by atoms with Gasteiger partial charge in [0.2, 0.25) is 15.9 Å². The zero-order valence-corrected chi connectivity index (χ0v) is 18.6. The Morgan fingerprint density at radius 3 is 2.72 bits per heavy atom. The van der Waals surface area contributed by atoms with Crippen LogP contribution in [0.4, 0.5) is 5.69 Å². The molecule has 1 saturated heterocycles. The normalized spacial score (nSPS) is 15.4. The van der Waals surface area contributed by atoms with Gasteiger partial charge in [-0.25, -0.2) is 13.4 Å². The Kier molecular flexibility index (Phi) is 7.37. The van der Waals surface area contributed by atoms with Crippen LogP contribution in [0.25, 0.3) is 0 Å². The molecule has 0 spiro atoms. The van der Waals surface area contributed by atoms with Gasteiger partial charge < -0.3 is 9.88 Å². The molecular weight excluding hydrogens is 408 g/mol. The van der Waals surface area contributed by atoms with Crippen LogP contribution < -0.4 is 5.32 Å². The number of imidazole rings is 1. The standard InChI is InChI=1S/C20H28N4O3S2/c1-3-10-23-13-9-21-20(23)28-15-19(25)22-18-14-17(8-7-16(18)2)29(26,27)24-11-5-4-6-12-24/h7-9,13-14H,3-6,10-12,15H2,1-2H3,(H,22,25). The molecule has 0 unspecified atom stereocenters. The molecule has 1 aromatic carbocycles. The SMILES string of the molecule is CCCn1ccnc1SCC(=O)Nc1cc(S(=O)(=O)N2CCCCC2)ccc1C. The minimum atomic E-state index is -3.53. The zero-order chi connectivity index (χ0) is 20.9. The Hall–Kier alpha value is -1.84. The van der Waals surface area contributed by atoms with Crippen LogP contribution in [0, 0.1) is 6.92 Å². The fraction of sp³-hybridized carbons (Fsp3) is 0.500. The van der Waals surface area contributed by atoms with Crippen LogP contribution in [0.15, 0.2) is 40.6 Å². The number of rotatable bonds is 8. The molecule has 0 aliphatic carbocycles. The van der Waals surface area contributed by atoms with E-state index in [0.29, 0.717) is 18.8 Å². The van der Waals surface area contributed by atoms with Crippen molar-refractivity contribution < 1.29 is 13.2 Å². The van der Waals surface area contributed by atoms with Gasteiger partial charge in [0.05, 0.1) is 10.6 Å². The fourth-order valence-corrected chi connectivity index (χ4v) is 5.64. The largest absolute Gasteiger partial charge is 0.326 e. The van der Waals surface area contributed by atoms with Gasteiger partial charge in [-0.2, -0.15) is 4.31 Å². The summed E-state index contributed by atoms with van der Waals surface area (Å²) in [6.07, 6.45) is 7.47. The van der Waals surface area contributed by atoms with E-state index in [-0.39, 0.29) is 16.6 Å². The monoisotopic (exact) mass is 436 g/mol. The molecule has 0 saturated carbocycles. The Labute approximate surface area is 176 Å². The van der Waals surface area contributed by atoms with Crippen LogP contribution in [0.2, 0.25) is 0 Å². The number of benzene rings is 1. The molecule has 1 N–H and O–H groups in total. The van der Waals surface area contributed by atoms with Gasteiger partial charge in [0, 0.05) is 37.7 Å². The molecule has 1 aliphatic rings.